The van der Waals surface area contributed by atoms with E-state index in [9.17, 15) is 4.79 Å². The summed E-state index contributed by atoms with van der Waals surface area (Å²) < 4.78 is 0. The van der Waals surface area contributed by atoms with Crippen LogP contribution in [0.3, 0.4) is 0 Å². The van der Waals surface area contributed by atoms with Crippen molar-refractivity contribution >= 4 is 34.3 Å². The van der Waals surface area contributed by atoms with Gasteiger partial charge in [0.05, 0.1) is 17.2 Å². The Morgan fingerprint density at radius 1 is 1.00 bits per heavy atom. The number of nitrogens with zero attached hydrogens (tertiary/aromatic N) is 2. The molecule has 1 aromatic heterocycles. The Kier molecular flexibility index (Phi) is 3.34. The highest BCUT2D eigenvalue weighted by Gasteiger charge is 2.04. The molecule has 6 heteroatoms. The van der Waals surface area contributed by atoms with Gasteiger partial charge in [-0.15, -0.1) is 0 Å². The Bertz CT molecular complexity index is 790. The molecule has 0 atom stereocenters. The lowest BCUT2D eigenvalue weighted by Crippen LogP contribution is -2.09. The Morgan fingerprint density at radius 3 is 2.57 bits per heavy atom. The average Bonchev–Trinajstić information content (AvgIpc) is 2.47. The number of carbonyl (C=O) groups is 1. The second kappa shape index (κ2) is 5.46. The van der Waals surface area contributed by atoms with Crippen molar-refractivity contribution in [2.45, 2.75) is 0 Å². The van der Waals surface area contributed by atoms with Crippen LogP contribution in [0.1, 0.15) is 0 Å². The number of amides is 1. The molecular weight excluding hydrogens is 268 g/mol. The van der Waals surface area contributed by atoms with E-state index in [1.165, 1.54) is 6.20 Å². The fourth-order valence-electron chi connectivity index (χ4n) is 1.95. The second-order valence-electron chi connectivity index (χ2n) is 4.38. The molecule has 104 valence electrons. The van der Waals surface area contributed by atoms with Crippen LogP contribution in [0.25, 0.3) is 11.0 Å². The maximum absolute atomic E-state index is 10.6. The Hall–Kier alpha value is -3.15. The molecule has 0 radical (unpaired) electrons. The van der Waals surface area contributed by atoms with E-state index in [1.807, 2.05) is 48.5 Å². The summed E-state index contributed by atoms with van der Waals surface area (Å²) in [5, 5.41) is 14.1. The van der Waals surface area contributed by atoms with Gasteiger partial charge in [-0.2, -0.15) is 0 Å². The molecule has 21 heavy (non-hydrogen) atoms. The maximum Gasteiger partial charge on any atom is 0.410 e. The standard InChI is InChI=1S/C15H12N4O2/c20-15(21)19-14-9-16-12-7-6-11(8-13(12)18-14)17-10-4-2-1-3-5-10/h1-9,17H,(H,18,19)(H,20,21). The molecule has 1 amide bonds. The topological polar surface area (TPSA) is 87.1 Å². The number of fused-ring (bicyclic) bond motifs is 1. The highest BCUT2D eigenvalue weighted by Crippen LogP contribution is 2.21. The summed E-state index contributed by atoms with van der Waals surface area (Å²) in [6.07, 6.45) is 0.225. The van der Waals surface area contributed by atoms with Crippen LogP contribution >= 0.6 is 0 Å². The SMILES string of the molecule is O=C(O)Nc1cnc2ccc(Nc3ccccc3)cc2n1. The molecule has 1 heterocycles. The predicted octanol–water partition coefficient (Wildman–Crippen LogP) is 3.46. The minimum Gasteiger partial charge on any atom is -0.465 e. The zero-order valence-electron chi connectivity index (χ0n) is 10.9. The van der Waals surface area contributed by atoms with Gasteiger partial charge in [0.1, 0.15) is 0 Å². The summed E-state index contributed by atoms with van der Waals surface area (Å²) in [6, 6.07) is 15.3. The first kappa shape index (κ1) is 12.9. The minimum absolute atomic E-state index is 0.201. The van der Waals surface area contributed by atoms with Gasteiger partial charge >= 0.3 is 6.09 Å². The number of nitrogens with one attached hydrogen (secondary N) is 2. The molecule has 0 saturated carbocycles. The predicted molar refractivity (Wildman–Crippen MR) is 80.9 cm³/mol. The molecule has 0 aliphatic carbocycles. The lowest BCUT2D eigenvalue weighted by molar-refractivity contribution is 0.209. The highest BCUT2D eigenvalue weighted by atomic mass is 16.4. The summed E-state index contributed by atoms with van der Waals surface area (Å²) in [7, 11) is 0. The molecule has 0 aliphatic heterocycles. The van der Waals surface area contributed by atoms with Crippen LogP contribution in [-0.2, 0) is 0 Å². The number of benzene rings is 2. The summed E-state index contributed by atoms with van der Waals surface area (Å²) in [5.74, 6) is 0.201. The molecule has 0 aliphatic rings. The Labute approximate surface area is 120 Å². The smallest absolute Gasteiger partial charge is 0.410 e. The minimum atomic E-state index is -1.16. The van der Waals surface area contributed by atoms with Gasteiger partial charge in [-0.1, -0.05) is 18.2 Å². The number of rotatable bonds is 3. The molecular formula is C15H12N4O2. The van der Waals surface area contributed by atoms with E-state index >= 15 is 0 Å². The number of aromatic nitrogens is 2. The van der Waals surface area contributed by atoms with Gasteiger partial charge in [-0.05, 0) is 30.3 Å². The number of para-hydroxylation sites is 1. The molecule has 6 nitrogen and oxygen atoms in total. The van der Waals surface area contributed by atoms with Crippen molar-refractivity contribution in [1.29, 1.82) is 0 Å². The first-order valence-corrected chi connectivity index (χ1v) is 6.29. The van der Waals surface area contributed by atoms with E-state index in [4.69, 9.17) is 5.11 Å². The average molecular weight is 280 g/mol. The van der Waals surface area contributed by atoms with Crippen molar-refractivity contribution < 1.29 is 9.90 Å². The van der Waals surface area contributed by atoms with Gasteiger partial charge in [-0.25, -0.2) is 9.78 Å². The summed E-state index contributed by atoms with van der Waals surface area (Å²) in [6.45, 7) is 0. The zero-order chi connectivity index (χ0) is 14.7. The molecule has 0 fully saturated rings. The first-order chi connectivity index (χ1) is 10.2. The molecule has 0 unspecified atom stereocenters. The van der Waals surface area contributed by atoms with Gasteiger partial charge in [0.15, 0.2) is 5.82 Å². The van der Waals surface area contributed by atoms with Gasteiger partial charge in [-0.3, -0.25) is 10.3 Å². The fourth-order valence-corrected chi connectivity index (χ4v) is 1.95. The lowest BCUT2D eigenvalue weighted by atomic mass is 10.2. The first-order valence-electron chi connectivity index (χ1n) is 6.29. The third-order valence-electron chi connectivity index (χ3n) is 2.84. The summed E-state index contributed by atoms with van der Waals surface area (Å²) in [4.78, 5) is 19.0. The Balaban J connectivity index is 1.92. The van der Waals surface area contributed by atoms with Gasteiger partial charge < -0.3 is 10.4 Å². The van der Waals surface area contributed by atoms with Crippen molar-refractivity contribution in [3.05, 3.63) is 54.7 Å². The van der Waals surface area contributed by atoms with E-state index < -0.39 is 6.09 Å². The van der Waals surface area contributed by atoms with Crippen LogP contribution in [0.2, 0.25) is 0 Å². The molecule has 0 bridgehead atoms. The number of hydrogen-bond acceptors (Lipinski definition) is 4. The van der Waals surface area contributed by atoms with Crippen LogP contribution in [-0.4, -0.2) is 21.2 Å². The van der Waals surface area contributed by atoms with E-state index in [-0.39, 0.29) is 5.82 Å². The third kappa shape index (κ3) is 3.06. The van der Waals surface area contributed by atoms with Crippen LogP contribution < -0.4 is 10.6 Å². The quantitative estimate of drug-likeness (QED) is 0.683. The zero-order valence-corrected chi connectivity index (χ0v) is 10.9. The summed E-state index contributed by atoms with van der Waals surface area (Å²) in [5.41, 5.74) is 3.13. The van der Waals surface area contributed by atoms with E-state index in [0.29, 0.717) is 11.0 Å². The van der Waals surface area contributed by atoms with Gasteiger partial charge in [0, 0.05) is 11.4 Å². The molecule has 0 spiro atoms. The van der Waals surface area contributed by atoms with Crippen molar-refractivity contribution in [2.24, 2.45) is 0 Å². The van der Waals surface area contributed by atoms with Crippen LogP contribution in [0.15, 0.2) is 54.7 Å². The number of carboxylic acid groups (broad SMARTS) is 1. The van der Waals surface area contributed by atoms with Gasteiger partial charge in [0.25, 0.3) is 0 Å². The molecule has 0 saturated heterocycles. The molecule has 2 aromatic carbocycles. The van der Waals surface area contributed by atoms with E-state index in [0.717, 1.165) is 11.4 Å². The van der Waals surface area contributed by atoms with E-state index in [1.54, 1.807) is 0 Å². The number of hydrogen-bond donors (Lipinski definition) is 3. The van der Waals surface area contributed by atoms with Crippen LogP contribution in [0.4, 0.5) is 22.0 Å². The molecule has 3 rings (SSSR count). The van der Waals surface area contributed by atoms with Crippen LogP contribution in [0.5, 0.6) is 0 Å². The third-order valence-corrected chi connectivity index (χ3v) is 2.84. The van der Waals surface area contributed by atoms with Crippen molar-refractivity contribution in [2.75, 3.05) is 10.6 Å². The van der Waals surface area contributed by atoms with E-state index in [2.05, 4.69) is 20.6 Å². The lowest BCUT2D eigenvalue weighted by Gasteiger charge is -2.07. The van der Waals surface area contributed by atoms with Crippen molar-refractivity contribution in [3.8, 4) is 0 Å². The molecule has 3 N–H and O–H groups in total. The molecule has 3 aromatic rings. The van der Waals surface area contributed by atoms with Gasteiger partial charge in [0.2, 0.25) is 0 Å². The monoisotopic (exact) mass is 280 g/mol. The largest absolute Gasteiger partial charge is 0.465 e. The Morgan fingerprint density at radius 2 is 1.81 bits per heavy atom. The van der Waals surface area contributed by atoms with Crippen LogP contribution in [0, 0.1) is 0 Å². The maximum atomic E-state index is 10.6. The van der Waals surface area contributed by atoms with Crippen molar-refractivity contribution in [3.63, 3.8) is 0 Å². The second-order valence-corrected chi connectivity index (χ2v) is 4.38. The van der Waals surface area contributed by atoms with Crippen molar-refractivity contribution in [1.82, 2.24) is 9.97 Å². The summed E-state index contributed by atoms with van der Waals surface area (Å²) >= 11 is 0. The normalized spacial score (nSPS) is 10.3. The number of anilines is 3. The fraction of sp³-hybridized carbons (Fsp3) is 0. The highest BCUT2D eigenvalue weighted by molar-refractivity contribution is 5.85.